The van der Waals surface area contributed by atoms with Gasteiger partial charge < -0.3 is 9.88 Å². The maximum Gasteiger partial charge on any atom is 0.234 e. The van der Waals surface area contributed by atoms with Crippen molar-refractivity contribution in [3.63, 3.8) is 0 Å². The molecule has 0 saturated heterocycles. The molecule has 1 aromatic carbocycles. The van der Waals surface area contributed by atoms with Crippen LogP contribution in [0.3, 0.4) is 0 Å². The van der Waals surface area contributed by atoms with Gasteiger partial charge in [-0.1, -0.05) is 32.0 Å². The highest BCUT2D eigenvalue weighted by Gasteiger charge is 2.22. The van der Waals surface area contributed by atoms with Crippen molar-refractivity contribution in [2.75, 3.05) is 25.2 Å². The summed E-state index contributed by atoms with van der Waals surface area (Å²) in [5, 5.41) is 12.8. The molecule has 10 heteroatoms. The summed E-state index contributed by atoms with van der Waals surface area (Å²) in [6.07, 6.45) is 3.13. The van der Waals surface area contributed by atoms with Gasteiger partial charge >= 0.3 is 0 Å². The lowest BCUT2D eigenvalue weighted by Crippen LogP contribution is -2.23. The molecule has 0 aliphatic heterocycles. The topological polar surface area (TPSA) is 63.1 Å². The highest BCUT2D eigenvalue weighted by Crippen LogP contribution is 2.29. The molecule has 1 heterocycles. The summed E-state index contributed by atoms with van der Waals surface area (Å²) >= 11 is 8.27. The highest BCUT2D eigenvalue weighted by atomic mass is 127. The van der Waals surface area contributed by atoms with Crippen molar-refractivity contribution < 1.29 is 4.79 Å². The quantitative estimate of drug-likeness (QED) is 0.252. The van der Waals surface area contributed by atoms with E-state index in [9.17, 15) is 4.79 Å². The first kappa shape index (κ1) is 25.6. The van der Waals surface area contributed by atoms with Crippen LogP contribution in [0.25, 0.3) is 0 Å². The van der Waals surface area contributed by atoms with Crippen molar-refractivity contribution in [3.8, 4) is 0 Å². The van der Waals surface area contributed by atoms with Gasteiger partial charge in [0.25, 0.3) is 0 Å². The van der Waals surface area contributed by atoms with Gasteiger partial charge in [-0.15, -0.1) is 10.2 Å². The standard InChI is InChI=1S/C19H26I3N5OS/c1-5-7-8-27-18(15(6-2)26(3)4)24-25-19(27)29-11-16(28)23-17-13(21)9-12(20)10-14(17)22/h9-10,15H,5-8,11H2,1-4H3,(H,23,28). The molecule has 1 amide bonds. The number of nitrogens with one attached hydrogen (secondary N) is 1. The number of carbonyl (C=O) groups excluding carboxylic acids is 1. The average molecular weight is 753 g/mol. The Kier molecular flexibility index (Phi) is 10.9. The minimum atomic E-state index is -0.0294. The van der Waals surface area contributed by atoms with E-state index in [2.05, 4.69) is 133 Å². The third kappa shape index (κ3) is 7.17. The summed E-state index contributed by atoms with van der Waals surface area (Å²) in [6, 6.07) is 4.34. The first-order valence-corrected chi connectivity index (χ1v) is 13.7. The predicted octanol–water partition coefficient (Wildman–Crippen LogP) is 5.64. The van der Waals surface area contributed by atoms with E-state index in [1.165, 1.54) is 11.8 Å². The molecule has 6 nitrogen and oxygen atoms in total. The maximum absolute atomic E-state index is 12.6. The second-order valence-corrected chi connectivity index (χ2v) is 11.3. The van der Waals surface area contributed by atoms with Crippen LogP contribution in [0.1, 0.15) is 45.0 Å². The van der Waals surface area contributed by atoms with E-state index in [-0.39, 0.29) is 11.9 Å². The molecule has 1 N–H and O–H groups in total. The molecule has 1 aromatic heterocycles. The van der Waals surface area contributed by atoms with E-state index >= 15 is 0 Å². The molecule has 1 unspecified atom stereocenters. The van der Waals surface area contributed by atoms with Crippen molar-refractivity contribution in [1.29, 1.82) is 0 Å². The summed E-state index contributed by atoms with van der Waals surface area (Å²) in [7, 11) is 4.13. The third-order valence-electron chi connectivity index (χ3n) is 4.39. The fourth-order valence-electron chi connectivity index (χ4n) is 2.93. The second-order valence-electron chi connectivity index (χ2n) is 6.81. The van der Waals surface area contributed by atoms with E-state index in [0.717, 1.165) is 53.2 Å². The SMILES string of the molecule is CCCCn1c(SCC(=O)Nc2c(I)cc(I)cc2I)nnc1C(CC)N(C)C. The molecule has 0 fully saturated rings. The van der Waals surface area contributed by atoms with Gasteiger partial charge in [0.05, 0.1) is 17.5 Å². The fourth-order valence-corrected chi connectivity index (χ4v) is 7.55. The van der Waals surface area contributed by atoms with E-state index in [4.69, 9.17) is 0 Å². The molecule has 0 spiro atoms. The Balaban J connectivity index is 2.13. The van der Waals surface area contributed by atoms with Crippen LogP contribution in [-0.4, -0.2) is 45.4 Å². The van der Waals surface area contributed by atoms with Crippen LogP contribution < -0.4 is 5.32 Å². The fraction of sp³-hybridized carbons (Fsp3) is 0.526. The largest absolute Gasteiger partial charge is 0.324 e. The first-order valence-electron chi connectivity index (χ1n) is 9.45. The van der Waals surface area contributed by atoms with Gasteiger partial charge in [-0.2, -0.15) is 0 Å². The maximum atomic E-state index is 12.6. The molecule has 0 radical (unpaired) electrons. The minimum absolute atomic E-state index is 0.0294. The van der Waals surface area contributed by atoms with Gasteiger partial charge in [0, 0.05) is 17.3 Å². The smallest absolute Gasteiger partial charge is 0.234 e. The Morgan fingerprint density at radius 1 is 1.21 bits per heavy atom. The van der Waals surface area contributed by atoms with Gasteiger partial charge in [-0.3, -0.25) is 9.69 Å². The molecule has 2 rings (SSSR count). The van der Waals surface area contributed by atoms with Gasteiger partial charge in [0.15, 0.2) is 11.0 Å². The van der Waals surface area contributed by atoms with Crippen molar-refractivity contribution >= 4 is 91.1 Å². The predicted molar refractivity (Wildman–Crippen MR) is 146 cm³/mol. The van der Waals surface area contributed by atoms with E-state index in [1.54, 1.807) is 0 Å². The van der Waals surface area contributed by atoms with Crippen LogP contribution in [0, 0.1) is 10.7 Å². The van der Waals surface area contributed by atoms with Crippen LogP contribution in [0.5, 0.6) is 0 Å². The monoisotopic (exact) mass is 753 g/mol. The lowest BCUT2D eigenvalue weighted by Gasteiger charge is -2.23. The number of hydrogen-bond acceptors (Lipinski definition) is 5. The number of hydrogen-bond donors (Lipinski definition) is 1. The zero-order valence-corrected chi connectivity index (χ0v) is 24.3. The number of thioether (sulfide) groups is 1. The molecule has 2 aromatic rings. The number of unbranched alkanes of at least 4 members (excludes halogenated alkanes) is 1. The van der Waals surface area contributed by atoms with Crippen LogP contribution in [0.2, 0.25) is 0 Å². The number of amides is 1. The van der Waals surface area contributed by atoms with E-state index < -0.39 is 0 Å². The van der Waals surface area contributed by atoms with Crippen molar-refractivity contribution in [2.24, 2.45) is 0 Å². The van der Waals surface area contributed by atoms with Gasteiger partial charge in [-0.25, -0.2) is 0 Å². The highest BCUT2D eigenvalue weighted by molar-refractivity contribution is 14.1. The lowest BCUT2D eigenvalue weighted by molar-refractivity contribution is -0.113. The molecule has 29 heavy (non-hydrogen) atoms. The molecule has 0 aliphatic rings. The Morgan fingerprint density at radius 2 is 1.86 bits per heavy atom. The van der Waals surface area contributed by atoms with Gasteiger partial charge in [0.2, 0.25) is 5.91 Å². The molecular weight excluding hydrogens is 727 g/mol. The van der Waals surface area contributed by atoms with Crippen molar-refractivity contribution in [2.45, 2.75) is 50.9 Å². The van der Waals surface area contributed by atoms with Crippen LogP contribution in [-0.2, 0) is 11.3 Å². The minimum Gasteiger partial charge on any atom is -0.324 e. The number of halogens is 3. The zero-order valence-electron chi connectivity index (χ0n) is 17.0. The molecule has 0 saturated carbocycles. The van der Waals surface area contributed by atoms with E-state index in [1.807, 2.05) is 0 Å². The average Bonchev–Trinajstić information content (AvgIpc) is 3.04. The third-order valence-corrected chi connectivity index (χ3v) is 7.68. The van der Waals surface area contributed by atoms with Crippen molar-refractivity contribution in [1.82, 2.24) is 19.7 Å². The Morgan fingerprint density at radius 3 is 2.41 bits per heavy atom. The number of anilines is 1. The number of benzene rings is 1. The Labute approximate surface area is 218 Å². The summed E-state index contributed by atoms with van der Waals surface area (Å²) in [6.45, 7) is 5.21. The van der Waals surface area contributed by atoms with E-state index in [0.29, 0.717) is 5.75 Å². The van der Waals surface area contributed by atoms with Gasteiger partial charge in [0.1, 0.15) is 0 Å². The number of carbonyl (C=O) groups is 1. The second kappa shape index (κ2) is 12.4. The Hall–Kier alpha value is 0.330. The normalized spacial score (nSPS) is 12.4. The molecule has 0 bridgehead atoms. The zero-order chi connectivity index (χ0) is 21.6. The number of aromatic nitrogens is 3. The summed E-state index contributed by atoms with van der Waals surface area (Å²) in [4.78, 5) is 14.8. The van der Waals surface area contributed by atoms with Crippen LogP contribution in [0.4, 0.5) is 5.69 Å². The van der Waals surface area contributed by atoms with Gasteiger partial charge in [-0.05, 0) is 107 Å². The first-order chi connectivity index (χ1) is 13.8. The molecule has 160 valence electrons. The summed E-state index contributed by atoms with van der Waals surface area (Å²) < 4.78 is 5.44. The molecular formula is C19H26I3N5OS. The molecule has 1 atom stereocenters. The summed E-state index contributed by atoms with van der Waals surface area (Å²) in [5.74, 6) is 1.26. The lowest BCUT2D eigenvalue weighted by atomic mass is 10.2. The summed E-state index contributed by atoms with van der Waals surface area (Å²) in [5.41, 5.74) is 0.879. The number of rotatable bonds is 10. The number of nitrogens with zero attached hydrogens (tertiary/aromatic N) is 4. The van der Waals surface area contributed by atoms with Crippen LogP contribution >= 0.6 is 79.5 Å². The van der Waals surface area contributed by atoms with Crippen LogP contribution in [0.15, 0.2) is 17.3 Å². The van der Waals surface area contributed by atoms with Crippen molar-refractivity contribution in [3.05, 3.63) is 28.7 Å². The molecule has 0 aliphatic carbocycles. The Bertz CT molecular complexity index is 820.